The summed E-state index contributed by atoms with van der Waals surface area (Å²) in [5, 5.41) is 0. The molecule has 8 nitrogen and oxygen atoms in total. The van der Waals surface area contributed by atoms with Gasteiger partial charge >= 0.3 is 0 Å². The highest BCUT2D eigenvalue weighted by molar-refractivity contribution is 7.89. The Balaban J connectivity index is 0.984. The number of aromatic nitrogens is 2. The zero-order valence-corrected chi connectivity index (χ0v) is 28.1. The lowest BCUT2D eigenvalue weighted by atomic mass is 9.70. The van der Waals surface area contributed by atoms with E-state index in [0.29, 0.717) is 55.5 Å². The van der Waals surface area contributed by atoms with Gasteiger partial charge in [0.2, 0.25) is 10.0 Å². The summed E-state index contributed by atoms with van der Waals surface area (Å²) < 4.78 is 59.2. The van der Waals surface area contributed by atoms with Gasteiger partial charge in [-0.1, -0.05) is 49.4 Å². The molecule has 11 heteroatoms. The van der Waals surface area contributed by atoms with Crippen molar-refractivity contribution in [1.82, 2.24) is 24.1 Å². The molecule has 0 bridgehead atoms. The Morgan fingerprint density at radius 1 is 1.00 bits per heavy atom. The second-order valence-electron chi connectivity index (χ2n) is 14.2. The van der Waals surface area contributed by atoms with Gasteiger partial charge in [0, 0.05) is 43.3 Å². The number of aryl methyl sites for hydroxylation is 1. The number of sulfonamides is 1. The number of carbonyl (C=O) groups excluding carboxylic acids is 1. The number of para-hydroxylation sites is 2. The van der Waals surface area contributed by atoms with Gasteiger partial charge in [-0.2, -0.15) is 0 Å². The number of benzene rings is 3. The zero-order valence-electron chi connectivity index (χ0n) is 27.3. The molecule has 1 spiro atoms. The smallest absolute Gasteiger partial charge is 0.256 e. The average molecular weight is 674 g/mol. The van der Waals surface area contributed by atoms with Gasteiger partial charge in [-0.25, -0.2) is 26.9 Å². The van der Waals surface area contributed by atoms with Gasteiger partial charge in [-0.05, 0) is 87.1 Å². The number of hydrogen-bond donors (Lipinski definition) is 1. The minimum absolute atomic E-state index is 0.0398. The van der Waals surface area contributed by atoms with Crippen LogP contribution in [0.5, 0.6) is 0 Å². The van der Waals surface area contributed by atoms with Crippen molar-refractivity contribution in [2.24, 2.45) is 5.92 Å². The molecule has 3 heterocycles. The van der Waals surface area contributed by atoms with Crippen molar-refractivity contribution < 1.29 is 22.0 Å². The first kappa shape index (κ1) is 31.6. The van der Waals surface area contributed by atoms with Crippen LogP contribution in [0.2, 0.25) is 0 Å². The number of nitrogens with one attached hydrogen (secondary N) is 1. The Labute approximate surface area is 280 Å². The molecule has 4 fully saturated rings. The van der Waals surface area contributed by atoms with Gasteiger partial charge < -0.3 is 9.47 Å². The number of imidazole rings is 1. The molecule has 252 valence electrons. The van der Waals surface area contributed by atoms with Gasteiger partial charge in [0.15, 0.2) is 0 Å². The molecule has 1 amide bonds. The molecule has 2 aliphatic heterocycles. The third-order valence-electron chi connectivity index (χ3n) is 11.8. The van der Waals surface area contributed by atoms with E-state index in [1.54, 1.807) is 11.8 Å². The quantitative estimate of drug-likeness (QED) is 0.222. The van der Waals surface area contributed by atoms with Crippen molar-refractivity contribution in [3.63, 3.8) is 0 Å². The van der Waals surface area contributed by atoms with Crippen LogP contribution in [-0.4, -0.2) is 71.4 Å². The van der Waals surface area contributed by atoms with Crippen molar-refractivity contribution in [3.05, 3.63) is 95.3 Å². The fourth-order valence-electron chi connectivity index (χ4n) is 9.36. The lowest BCUT2D eigenvalue weighted by molar-refractivity contribution is 0.0650. The summed E-state index contributed by atoms with van der Waals surface area (Å²) in [5.74, 6) is -1.11. The summed E-state index contributed by atoms with van der Waals surface area (Å²) in [6, 6.07) is 21.2. The van der Waals surface area contributed by atoms with Crippen molar-refractivity contribution in [1.29, 1.82) is 0 Å². The number of likely N-dealkylation sites (tertiary alicyclic amines) is 2. The normalized spacial score (nSPS) is 27.4. The first-order valence-corrected chi connectivity index (χ1v) is 18.6. The lowest BCUT2D eigenvalue weighted by Gasteiger charge is -2.43. The zero-order chi connectivity index (χ0) is 33.4. The fourth-order valence-corrected chi connectivity index (χ4v) is 10.5. The maximum absolute atomic E-state index is 14.9. The number of halogens is 2. The molecule has 5 unspecified atom stereocenters. The molecule has 2 saturated carbocycles. The summed E-state index contributed by atoms with van der Waals surface area (Å²) in [7, 11) is -4.22. The van der Waals surface area contributed by atoms with E-state index >= 15 is 0 Å². The van der Waals surface area contributed by atoms with Crippen LogP contribution in [0.15, 0.2) is 71.6 Å². The number of amides is 1. The van der Waals surface area contributed by atoms with Gasteiger partial charge in [0.05, 0.1) is 16.6 Å². The molecule has 3 aromatic carbocycles. The van der Waals surface area contributed by atoms with Crippen molar-refractivity contribution in [3.8, 4) is 0 Å². The summed E-state index contributed by atoms with van der Waals surface area (Å²) in [5.41, 5.74) is 3.30. The maximum atomic E-state index is 14.9. The number of hydrogen-bond acceptors (Lipinski definition) is 5. The van der Waals surface area contributed by atoms with Crippen molar-refractivity contribution in [2.45, 2.75) is 80.3 Å². The predicted molar refractivity (Wildman–Crippen MR) is 179 cm³/mol. The van der Waals surface area contributed by atoms with Crippen LogP contribution < -0.4 is 4.72 Å². The van der Waals surface area contributed by atoms with Gasteiger partial charge in [0.25, 0.3) is 5.91 Å². The number of rotatable bonds is 9. The van der Waals surface area contributed by atoms with Gasteiger partial charge in [0.1, 0.15) is 22.4 Å². The van der Waals surface area contributed by atoms with Gasteiger partial charge in [-0.15, -0.1) is 0 Å². The molecule has 48 heavy (non-hydrogen) atoms. The molecular weight excluding hydrogens is 633 g/mol. The molecule has 1 N–H and O–H groups in total. The number of fused-ring (bicyclic) bond motifs is 1. The Morgan fingerprint density at radius 2 is 1.73 bits per heavy atom. The minimum Gasteiger partial charge on any atom is -0.338 e. The van der Waals surface area contributed by atoms with E-state index in [4.69, 9.17) is 4.98 Å². The summed E-state index contributed by atoms with van der Waals surface area (Å²) in [4.78, 5) is 22.0. The van der Waals surface area contributed by atoms with Crippen LogP contribution in [0.3, 0.4) is 0 Å². The van der Waals surface area contributed by atoms with E-state index in [-0.39, 0.29) is 12.0 Å². The SMILES string of the molecule is CCNS(=O)(=O)c1cc(C(=O)N2CCC(CCN3C4CC(n5c(C)nc6ccccc65)CC5CC543)(c3ccccc3)CC2)c(F)cc1F. The van der Waals surface area contributed by atoms with E-state index in [1.165, 1.54) is 23.9 Å². The van der Waals surface area contributed by atoms with Crippen LogP contribution in [0.1, 0.15) is 73.2 Å². The highest BCUT2D eigenvalue weighted by atomic mass is 32.2. The van der Waals surface area contributed by atoms with Crippen LogP contribution in [0, 0.1) is 24.5 Å². The van der Waals surface area contributed by atoms with Crippen LogP contribution in [0.4, 0.5) is 8.78 Å². The molecule has 2 saturated heterocycles. The van der Waals surface area contributed by atoms with E-state index in [1.807, 2.05) is 12.1 Å². The largest absolute Gasteiger partial charge is 0.338 e. The third kappa shape index (κ3) is 4.99. The maximum Gasteiger partial charge on any atom is 0.256 e. The molecule has 0 radical (unpaired) electrons. The summed E-state index contributed by atoms with van der Waals surface area (Å²) in [6.45, 7) is 5.50. The van der Waals surface area contributed by atoms with Crippen LogP contribution >= 0.6 is 0 Å². The first-order valence-electron chi connectivity index (χ1n) is 17.1. The van der Waals surface area contributed by atoms with E-state index < -0.39 is 38.0 Å². The topological polar surface area (TPSA) is 87.3 Å². The molecular formula is C37H41F2N5O3S. The predicted octanol–water partition coefficient (Wildman–Crippen LogP) is 5.96. The monoisotopic (exact) mass is 673 g/mol. The Morgan fingerprint density at radius 3 is 2.48 bits per heavy atom. The van der Waals surface area contributed by atoms with Crippen LogP contribution in [-0.2, 0) is 15.4 Å². The van der Waals surface area contributed by atoms with E-state index in [9.17, 15) is 22.0 Å². The summed E-state index contributed by atoms with van der Waals surface area (Å²) in [6.07, 6.45) is 5.93. The van der Waals surface area contributed by atoms with Crippen molar-refractivity contribution in [2.75, 3.05) is 26.2 Å². The first-order chi connectivity index (χ1) is 23.1. The molecule has 5 atom stereocenters. The Hall–Kier alpha value is -3.67. The highest BCUT2D eigenvalue weighted by Crippen LogP contribution is 2.71. The number of piperidine rings is 1. The van der Waals surface area contributed by atoms with E-state index in [2.05, 4.69) is 63.6 Å². The average Bonchev–Trinajstić information content (AvgIpc) is 3.92. The second kappa shape index (κ2) is 11.5. The fraction of sp³-hybridized carbons (Fsp3) is 0.459. The molecule has 8 rings (SSSR count). The highest BCUT2D eigenvalue weighted by Gasteiger charge is 2.78. The minimum atomic E-state index is -4.22. The van der Waals surface area contributed by atoms with Crippen molar-refractivity contribution >= 4 is 27.0 Å². The Bertz CT molecular complexity index is 2010. The molecule has 4 aliphatic rings. The Kier molecular flexibility index (Phi) is 7.54. The van der Waals surface area contributed by atoms with Gasteiger partial charge in [-0.3, -0.25) is 9.69 Å². The van der Waals surface area contributed by atoms with Crippen LogP contribution in [0.25, 0.3) is 11.0 Å². The third-order valence-corrected chi connectivity index (χ3v) is 13.4. The number of nitrogens with zero attached hydrogens (tertiary/aromatic N) is 4. The second-order valence-corrected chi connectivity index (χ2v) is 15.9. The lowest BCUT2D eigenvalue weighted by Crippen LogP contribution is -2.46. The summed E-state index contributed by atoms with van der Waals surface area (Å²) >= 11 is 0. The molecule has 2 aliphatic carbocycles. The molecule has 4 aromatic rings. The standard InChI is InChI=1S/C37H41F2N5O3S/c1-3-40-48(46,47)33-21-28(29(38)22-30(33)39)35(45)42-16-13-36(14-17-42,25-9-5-4-6-10-25)15-18-43-34-20-27(19-26-23-37(26,34)43)44-24(2)41-31-11-7-8-12-32(31)44/h4-12,21-22,26-27,34,40H,3,13-20,23H2,1-2H3. The molecule has 1 aromatic heterocycles. The van der Waals surface area contributed by atoms with E-state index in [0.717, 1.165) is 36.8 Å². The number of carbonyl (C=O) groups is 1.